The number of aromatic nitrogens is 2. The molecule has 2 aromatic rings. The number of nitrogens with one attached hydrogen (secondary N) is 1. The third kappa shape index (κ3) is 2.18. The van der Waals surface area contributed by atoms with Gasteiger partial charge in [0.05, 0.1) is 9.26 Å². The van der Waals surface area contributed by atoms with Gasteiger partial charge >= 0.3 is 0 Å². The smallest absolute Gasteiger partial charge is 0.162 e. The monoisotopic (exact) mass is 357 g/mol. The van der Waals surface area contributed by atoms with Gasteiger partial charge in [-0.3, -0.25) is 0 Å². The molecule has 3 nitrogen and oxygen atoms in total. The third-order valence-electron chi connectivity index (χ3n) is 2.86. The molecule has 3 rings (SSSR count). The van der Waals surface area contributed by atoms with Crippen LogP contribution in [0.1, 0.15) is 24.5 Å². The normalized spacial score (nSPS) is 14.9. The third-order valence-corrected chi connectivity index (χ3v) is 4.60. The van der Waals surface area contributed by atoms with Crippen molar-refractivity contribution in [2.24, 2.45) is 0 Å². The van der Waals surface area contributed by atoms with Gasteiger partial charge in [0, 0.05) is 23.9 Å². The van der Waals surface area contributed by atoms with E-state index in [1.807, 2.05) is 7.05 Å². The SMILES string of the molecule is CNc1nc(-c2ccsc2)nc(C2CC2)c1I. The molecule has 0 bridgehead atoms. The fourth-order valence-corrected chi connectivity index (χ4v) is 3.36. The molecule has 2 heterocycles. The standard InChI is InChI=1S/C12H12IN3S/c1-14-12-9(13)10(7-2-3-7)15-11(16-12)8-4-5-17-6-8/h4-7H,2-3H2,1H3,(H,14,15,16). The topological polar surface area (TPSA) is 37.8 Å². The van der Waals surface area contributed by atoms with Crippen LogP contribution in [0.3, 0.4) is 0 Å². The Labute approximate surface area is 118 Å². The van der Waals surface area contributed by atoms with Gasteiger partial charge in [0.2, 0.25) is 0 Å². The van der Waals surface area contributed by atoms with E-state index in [1.165, 1.54) is 22.1 Å². The molecule has 1 saturated carbocycles. The Hall–Kier alpha value is -0.690. The molecular weight excluding hydrogens is 345 g/mol. The predicted molar refractivity (Wildman–Crippen MR) is 79.6 cm³/mol. The second kappa shape index (κ2) is 4.53. The molecular formula is C12H12IN3S. The van der Waals surface area contributed by atoms with Crippen molar-refractivity contribution in [3.05, 3.63) is 26.1 Å². The van der Waals surface area contributed by atoms with Crippen molar-refractivity contribution < 1.29 is 0 Å². The van der Waals surface area contributed by atoms with Gasteiger partial charge in [-0.2, -0.15) is 11.3 Å². The second-order valence-electron chi connectivity index (χ2n) is 4.13. The Bertz CT molecular complexity index is 535. The zero-order valence-corrected chi connectivity index (χ0v) is 12.4. The lowest BCUT2D eigenvalue weighted by Gasteiger charge is -2.09. The summed E-state index contributed by atoms with van der Waals surface area (Å²) >= 11 is 4.03. The molecule has 0 aliphatic heterocycles. The quantitative estimate of drug-likeness (QED) is 0.851. The lowest BCUT2D eigenvalue weighted by Crippen LogP contribution is -2.04. The van der Waals surface area contributed by atoms with Crippen molar-refractivity contribution in [3.8, 4) is 11.4 Å². The number of hydrogen-bond donors (Lipinski definition) is 1. The average Bonchev–Trinajstić information content (AvgIpc) is 3.04. The average molecular weight is 357 g/mol. The van der Waals surface area contributed by atoms with Gasteiger partial charge in [-0.15, -0.1) is 0 Å². The largest absolute Gasteiger partial charge is 0.372 e. The molecule has 0 spiro atoms. The highest BCUT2D eigenvalue weighted by atomic mass is 127. The minimum Gasteiger partial charge on any atom is -0.372 e. The highest BCUT2D eigenvalue weighted by molar-refractivity contribution is 14.1. The van der Waals surface area contributed by atoms with E-state index in [-0.39, 0.29) is 0 Å². The summed E-state index contributed by atoms with van der Waals surface area (Å²) in [4.78, 5) is 9.31. The first-order valence-corrected chi connectivity index (χ1v) is 7.59. The molecule has 1 fully saturated rings. The van der Waals surface area contributed by atoms with Gasteiger partial charge < -0.3 is 5.32 Å². The van der Waals surface area contributed by atoms with E-state index in [2.05, 4.69) is 49.7 Å². The Morgan fingerprint density at radius 2 is 2.24 bits per heavy atom. The highest BCUT2D eigenvalue weighted by Gasteiger charge is 2.29. The number of hydrogen-bond acceptors (Lipinski definition) is 4. The van der Waals surface area contributed by atoms with Crippen LogP contribution in [0.5, 0.6) is 0 Å². The van der Waals surface area contributed by atoms with Crippen molar-refractivity contribution in [1.29, 1.82) is 0 Å². The van der Waals surface area contributed by atoms with E-state index in [4.69, 9.17) is 4.98 Å². The Morgan fingerprint density at radius 1 is 1.41 bits per heavy atom. The summed E-state index contributed by atoms with van der Waals surface area (Å²) in [6.07, 6.45) is 2.53. The number of anilines is 1. The molecule has 17 heavy (non-hydrogen) atoms. The summed E-state index contributed by atoms with van der Waals surface area (Å²) in [7, 11) is 1.92. The van der Waals surface area contributed by atoms with Crippen LogP contribution < -0.4 is 5.32 Å². The molecule has 0 aromatic carbocycles. The van der Waals surface area contributed by atoms with Gasteiger partial charge in [0.25, 0.3) is 0 Å². The number of halogens is 1. The number of nitrogens with zero attached hydrogens (tertiary/aromatic N) is 2. The van der Waals surface area contributed by atoms with Crippen molar-refractivity contribution in [2.75, 3.05) is 12.4 Å². The fourth-order valence-electron chi connectivity index (χ4n) is 1.78. The van der Waals surface area contributed by atoms with Gasteiger partial charge in [0.15, 0.2) is 5.82 Å². The highest BCUT2D eigenvalue weighted by Crippen LogP contribution is 2.42. The Morgan fingerprint density at radius 3 is 2.82 bits per heavy atom. The van der Waals surface area contributed by atoms with E-state index in [9.17, 15) is 0 Å². The number of rotatable bonds is 3. The molecule has 1 aliphatic carbocycles. The summed E-state index contributed by atoms with van der Waals surface area (Å²) in [5.74, 6) is 2.44. The maximum atomic E-state index is 4.73. The van der Waals surface area contributed by atoms with Crippen LogP contribution >= 0.6 is 33.9 Å². The molecule has 2 aromatic heterocycles. The van der Waals surface area contributed by atoms with Gasteiger partial charge in [-0.05, 0) is 46.9 Å². The minimum absolute atomic E-state index is 0.648. The summed E-state index contributed by atoms with van der Waals surface area (Å²) in [5.41, 5.74) is 2.33. The van der Waals surface area contributed by atoms with Gasteiger partial charge in [0.1, 0.15) is 5.82 Å². The first-order valence-electron chi connectivity index (χ1n) is 5.57. The van der Waals surface area contributed by atoms with E-state index < -0.39 is 0 Å². The van der Waals surface area contributed by atoms with Crippen LogP contribution in [0.25, 0.3) is 11.4 Å². The van der Waals surface area contributed by atoms with Crippen molar-refractivity contribution in [3.63, 3.8) is 0 Å². The van der Waals surface area contributed by atoms with Crippen LogP contribution in [0.2, 0.25) is 0 Å². The molecule has 88 valence electrons. The second-order valence-corrected chi connectivity index (χ2v) is 5.99. The van der Waals surface area contributed by atoms with Crippen molar-refractivity contribution in [1.82, 2.24) is 9.97 Å². The summed E-state index contributed by atoms with van der Waals surface area (Å²) < 4.78 is 1.17. The van der Waals surface area contributed by atoms with E-state index in [0.717, 1.165) is 17.2 Å². The molecule has 0 saturated heterocycles. The molecule has 1 aliphatic rings. The lowest BCUT2D eigenvalue weighted by atomic mass is 10.2. The predicted octanol–water partition coefficient (Wildman–Crippen LogP) is 3.73. The Balaban J connectivity index is 2.13. The lowest BCUT2D eigenvalue weighted by molar-refractivity contribution is 0.979. The fraction of sp³-hybridized carbons (Fsp3) is 0.333. The first kappa shape index (κ1) is 11.4. The molecule has 0 radical (unpaired) electrons. The van der Waals surface area contributed by atoms with Crippen LogP contribution in [-0.2, 0) is 0 Å². The van der Waals surface area contributed by atoms with Crippen molar-refractivity contribution >= 4 is 39.7 Å². The van der Waals surface area contributed by atoms with Crippen LogP contribution in [-0.4, -0.2) is 17.0 Å². The summed E-state index contributed by atoms with van der Waals surface area (Å²) in [6, 6.07) is 2.07. The zero-order chi connectivity index (χ0) is 11.8. The molecule has 5 heteroatoms. The molecule has 1 N–H and O–H groups in total. The summed E-state index contributed by atoms with van der Waals surface area (Å²) in [5, 5.41) is 7.32. The molecule has 0 unspecified atom stereocenters. The molecule has 0 amide bonds. The van der Waals surface area contributed by atoms with E-state index >= 15 is 0 Å². The van der Waals surface area contributed by atoms with Crippen LogP contribution in [0.4, 0.5) is 5.82 Å². The maximum Gasteiger partial charge on any atom is 0.162 e. The van der Waals surface area contributed by atoms with Crippen LogP contribution in [0, 0.1) is 3.57 Å². The molecule has 0 atom stereocenters. The van der Waals surface area contributed by atoms with Crippen molar-refractivity contribution in [2.45, 2.75) is 18.8 Å². The number of thiophene rings is 1. The van der Waals surface area contributed by atoms with Gasteiger partial charge in [-0.1, -0.05) is 0 Å². The maximum absolute atomic E-state index is 4.73. The minimum atomic E-state index is 0.648. The van der Waals surface area contributed by atoms with E-state index in [0.29, 0.717) is 5.92 Å². The van der Waals surface area contributed by atoms with E-state index in [1.54, 1.807) is 11.3 Å². The first-order chi connectivity index (χ1) is 8.29. The van der Waals surface area contributed by atoms with Gasteiger partial charge in [-0.25, -0.2) is 9.97 Å². The van der Waals surface area contributed by atoms with Crippen LogP contribution in [0.15, 0.2) is 16.8 Å². The summed E-state index contributed by atoms with van der Waals surface area (Å²) in [6.45, 7) is 0. The zero-order valence-electron chi connectivity index (χ0n) is 9.40. The Kier molecular flexibility index (Phi) is 3.04.